The zero-order valence-electron chi connectivity index (χ0n) is 14.7. The summed E-state index contributed by atoms with van der Waals surface area (Å²) in [6, 6.07) is 12.7. The molecule has 2 aromatic rings. The molecule has 0 bridgehead atoms. The van der Waals surface area contributed by atoms with E-state index in [1.54, 1.807) is 50.4 Å². The van der Waals surface area contributed by atoms with E-state index in [-0.39, 0.29) is 17.6 Å². The summed E-state index contributed by atoms with van der Waals surface area (Å²) in [5.41, 5.74) is 2.02. The van der Waals surface area contributed by atoms with E-state index < -0.39 is 0 Å². The zero-order valence-corrected chi connectivity index (χ0v) is 14.7. The summed E-state index contributed by atoms with van der Waals surface area (Å²) in [6.07, 6.45) is 1.44. The van der Waals surface area contributed by atoms with Crippen LogP contribution in [0, 0.1) is 5.82 Å². The first-order chi connectivity index (χ1) is 12.5. The first-order valence-electron chi connectivity index (χ1n) is 8.14. The van der Waals surface area contributed by atoms with E-state index in [1.165, 1.54) is 18.2 Å². The van der Waals surface area contributed by atoms with Crippen molar-refractivity contribution < 1.29 is 18.7 Å². The van der Waals surface area contributed by atoms with Gasteiger partial charge in [-0.15, -0.1) is 0 Å². The van der Waals surface area contributed by atoms with Gasteiger partial charge in [0.25, 0.3) is 5.91 Å². The SMILES string of the molecule is COc1ccc(C(=O)NCCNC(=O)/C=C(/C)c2ccc(F)cc2)cc1. The monoisotopic (exact) mass is 356 g/mol. The molecule has 0 fully saturated rings. The van der Waals surface area contributed by atoms with Gasteiger partial charge < -0.3 is 15.4 Å². The molecule has 6 heteroatoms. The quantitative estimate of drug-likeness (QED) is 0.592. The molecule has 0 aliphatic rings. The molecule has 136 valence electrons. The standard InChI is InChI=1S/C20H21FN2O3/c1-14(15-3-7-17(21)8-4-15)13-19(24)22-11-12-23-20(25)16-5-9-18(26-2)10-6-16/h3-10,13H,11-12H2,1-2H3,(H,22,24)(H,23,25)/b14-13-. The van der Waals surface area contributed by atoms with Gasteiger partial charge in [-0.05, 0) is 54.5 Å². The lowest BCUT2D eigenvalue weighted by molar-refractivity contribution is -0.116. The summed E-state index contributed by atoms with van der Waals surface area (Å²) in [7, 11) is 1.56. The number of nitrogens with one attached hydrogen (secondary N) is 2. The summed E-state index contributed by atoms with van der Waals surface area (Å²) in [5.74, 6) is -0.138. The fraction of sp³-hybridized carbons (Fsp3) is 0.200. The molecule has 5 nitrogen and oxygen atoms in total. The van der Waals surface area contributed by atoms with Crippen molar-refractivity contribution in [2.75, 3.05) is 20.2 Å². The van der Waals surface area contributed by atoms with Gasteiger partial charge in [-0.3, -0.25) is 9.59 Å². The molecule has 2 amide bonds. The highest BCUT2D eigenvalue weighted by molar-refractivity contribution is 5.95. The van der Waals surface area contributed by atoms with Crippen molar-refractivity contribution in [3.8, 4) is 5.75 Å². The molecule has 0 saturated heterocycles. The van der Waals surface area contributed by atoms with Crippen molar-refractivity contribution in [3.63, 3.8) is 0 Å². The maximum absolute atomic E-state index is 12.9. The number of carbonyl (C=O) groups excluding carboxylic acids is 2. The lowest BCUT2D eigenvalue weighted by Gasteiger charge is -2.07. The molecule has 0 aliphatic carbocycles. The normalized spacial score (nSPS) is 11.0. The van der Waals surface area contributed by atoms with E-state index in [9.17, 15) is 14.0 Å². The summed E-state index contributed by atoms with van der Waals surface area (Å²) in [4.78, 5) is 23.9. The number of amides is 2. The first kappa shape index (κ1) is 19.2. The molecular weight excluding hydrogens is 335 g/mol. The topological polar surface area (TPSA) is 67.4 Å². The molecule has 0 saturated carbocycles. The Labute approximate surface area is 151 Å². The number of hydrogen-bond donors (Lipinski definition) is 2. The van der Waals surface area contributed by atoms with E-state index in [1.807, 2.05) is 0 Å². The van der Waals surface area contributed by atoms with Gasteiger partial charge in [0.15, 0.2) is 0 Å². The number of carbonyl (C=O) groups is 2. The van der Waals surface area contributed by atoms with Gasteiger partial charge in [0.2, 0.25) is 5.91 Å². The molecule has 0 heterocycles. The highest BCUT2D eigenvalue weighted by Gasteiger charge is 2.05. The van der Waals surface area contributed by atoms with E-state index in [4.69, 9.17) is 4.74 Å². The van der Waals surface area contributed by atoms with Crippen LogP contribution < -0.4 is 15.4 Å². The van der Waals surface area contributed by atoms with Gasteiger partial charge in [-0.25, -0.2) is 4.39 Å². The minimum atomic E-state index is -0.321. The second kappa shape index (κ2) is 9.36. The molecular formula is C20H21FN2O3. The molecule has 0 atom stereocenters. The lowest BCUT2D eigenvalue weighted by Crippen LogP contribution is -2.34. The van der Waals surface area contributed by atoms with Gasteiger partial charge in [-0.1, -0.05) is 12.1 Å². The fourth-order valence-electron chi connectivity index (χ4n) is 2.25. The summed E-state index contributed by atoms with van der Waals surface area (Å²) < 4.78 is 17.9. The Morgan fingerprint density at radius 1 is 0.962 bits per heavy atom. The molecule has 0 radical (unpaired) electrons. The molecule has 2 N–H and O–H groups in total. The largest absolute Gasteiger partial charge is 0.497 e. The second-order valence-electron chi connectivity index (χ2n) is 5.61. The van der Waals surface area contributed by atoms with Crippen molar-refractivity contribution in [2.45, 2.75) is 6.92 Å². The molecule has 0 aromatic heterocycles. The number of rotatable bonds is 7. The van der Waals surface area contributed by atoms with Crippen LogP contribution in [0.5, 0.6) is 5.75 Å². The van der Waals surface area contributed by atoms with Crippen LogP contribution in [0.15, 0.2) is 54.6 Å². The van der Waals surface area contributed by atoms with Gasteiger partial charge in [-0.2, -0.15) is 0 Å². The first-order valence-corrected chi connectivity index (χ1v) is 8.14. The summed E-state index contributed by atoms with van der Waals surface area (Å²) >= 11 is 0. The Morgan fingerprint density at radius 2 is 1.54 bits per heavy atom. The van der Waals surface area contributed by atoms with Gasteiger partial charge in [0, 0.05) is 24.7 Å². The maximum atomic E-state index is 12.9. The van der Waals surface area contributed by atoms with Crippen LogP contribution in [0.3, 0.4) is 0 Å². The molecule has 2 rings (SSSR count). The number of ether oxygens (including phenoxy) is 1. The zero-order chi connectivity index (χ0) is 18.9. The fourth-order valence-corrected chi connectivity index (χ4v) is 2.25. The third-order valence-electron chi connectivity index (χ3n) is 3.71. The summed E-state index contributed by atoms with van der Waals surface area (Å²) in [6.45, 7) is 2.38. The average Bonchev–Trinajstić information content (AvgIpc) is 2.65. The minimum Gasteiger partial charge on any atom is -0.497 e. The van der Waals surface area contributed by atoms with Crippen molar-refractivity contribution in [3.05, 3.63) is 71.6 Å². The van der Waals surface area contributed by atoms with Crippen LogP contribution in [-0.2, 0) is 4.79 Å². The smallest absolute Gasteiger partial charge is 0.251 e. The van der Waals surface area contributed by atoms with Crippen LogP contribution >= 0.6 is 0 Å². The van der Waals surface area contributed by atoms with Crippen molar-refractivity contribution in [1.82, 2.24) is 10.6 Å². The number of hydrogen-bond acceptors (Lipinski definition) is 3. The Bertz CT molecular complexity index is 784. The molecule has 26 heavy (non-hydrogen) atoms. The van der Waals surface area contributed by atoms with E-state index in [0.717, 1.165) is 11.1 Å². The number of halogens is 1. The lowest BCUT2D eigenvalue weighted by atomic mass is 10.1. The van der Waals surface area contributed by atoms with Crippen LogP contribution in [0.25, 0.3) is 5.57 Å². The van der Waals surface area contributed by atoms with Gasteiger partial charge in [0.05, 0.1) is 7.11 Å². The Balaban J connectivity index is 1.76. The minimum absolute atomic E-state index is 0.222. The van der Waals surface area contributed by atoms with Crippen molar-refractivity contribution in [1.29, 1.82) is 0 Å². The van der Waals surface area contributed by atoms with Crippen molar-refractivity contribution >= 4 is 17.4 Å². The third-order valence-corrected chi connectivity index (χ3v) is 3.71. The highest BCUT2D eigenvalue weighted by atomic mass is 19.1. The van der Waals surface area contributed by atoms with E-state index >= 15 is 0 Å². The Morgan fingerprint density at radius 3 is 2.15 bits per heavy atom. The van der Waals surface area contributed by atoms with Crippen LogP contribution in [0.2, 0.25) is 0 Å². The molecule has 0 unspecified atom stereocenters. The van der Waals surface area contributed by atoms with Crippen LogP contribution in [0.4, 0.5) is 4.39 Å². The Kier molecular flexibility index (Phi) is 6.91. The van der Waals surface area contributed by atoms with Crippen LogP contribution in [-0.4, -0.2) is 32.0 Å². The Hall–Kier alpha value is -3.15. The average molecular weight is 356 g/mol. The number of benzene rings is 2. The molecule has 2 aromatic carbocycles. The molecule has 0 aliphatic heterocycles. The molecule has 0 spiro atoms. The third kappa shape index (κ3) is 5.73. The summed E-state index contributed by atoms with van der Waals surface area (Å²) in [5, 5.41) is 5.42. The predicted molar refractivity (Wildman–Crippen MR) is 98.4 cm³/mol. The van der Waals surface area contributed by atoms with E-state index in [2.05, 4.69) is 10.6 Å². The second-order valence-corrected chi connectivity index (χ2v) is 5.61. The number of allylic oxidation sites excluding steroid dienone is 1. The predicted octanol–water partition coefficient (Wildman–Crippen LogP) is 2.78. The maximum Gasteiger partial charge on any atom is 0.251 e. The van der Waals surface area contributed by atoms with Crippen molar-refractivity contribution in [2.24, 2.45) is 0 Å². The van der Waals surface area contributed by atoms with Gasteiger partial charge in [0.1, 0.15) is 11.6 Å². The number of methoxy groups -OCH3 is 1. The highest BCUT2D eigenvalue weighted by Crippen LogP contribution is 2.13. The van der Waals surface area contributed by atoms with E-state index in [0.29, 0.717) is 24.4 Å². The van der Waals surface area contributed by atoms with Gasteiger partial charge >= 0.3 is 0 Å². The van der Waals surface area contributed by atoms with Crippen LogP contribution in [0.1, 0.15) is 22.8 Å².